The van der Waals surface area contributed by atoms with Crippen LogP contribution in [0.1, 0.15) is 0 Å². The Morgan fingerprint density at radius 1 is 0.327 bits per heavy atom. The summed E-state index contributed by atoms with van der Waals surface area (Å²) in [6.07, 6.45) is 0. The minimum Gasteiger partial charge on any atom is -0.456 e. The minimum absolute atomic E-state index is 0.589. The van der Waals surface area contributed by atoms with Crippen molar-refractivity contribution in [3.05, 3.63) is 164 Å². The summed E-state index contributed by atoms with van der Waals surface area (Å²) in [5.41, 5.74) is 6.55. The molecule has 8 aromatic carbocycles. The highest BCUT2D eigenvalue weighted by Gasteiger charge is 2.19. The van der Waals surface area contributed by atoms with Gasteiger partial charge in [0.15, 0.2) is 17.5 Å². The number of furan rings is 1. The standard InChI is InChI=1S/C45H27N3O/c1-2-12-30(13-3-1)43-46-44(36-21-19-29-11-5-7-15-32(29)23-36)48-45(47-43)37-25-38(35-20-18-28-10-4-6-14-31(28)22-35)42-39-24-33-16-8-9-17-34(33)26-40(39)49-41(42)27-37/h1-27H. The number of nitrogens with zero attached hydrogens (tertiary/aromatic N) is 3. The molecule has 49 heavy (non-hydrogen) atoms. The van der Waals surface area contributed by atoms with Gasteiger partial charge in [-0.2, -0.15) is 0 Å². The zero-order chi connectivity index (χ0) is 32.3. The third-order valence-corrected chi connectivity index (χ3v) is 9.43. The second-order valence-electron chi connectivity index (χ2n) is 12.5. The van der Waals surface area contributed by atoms with Crippen LogP contribution in [-0.2, 0) is 0 Å². The van der Waals surface area contributed by atoms with E-state index in [0.29, 0.717) is 17.5 Å². The van der Waals surface area contributed by atoms with Gasteiger partial charge in [0.25, 0.3) is 0 Å². The van der Waals surface area contributed by atoms with Crippen LogP contribution in [0.5, 0.6) is 0 Å². The largest absolute Gasteiger partial charge is 0.456 e. The van der Waals surface area contributed by atoms with Gasteiger partial charge in [-0.05, 0) is 79.8 Å². The van der Waals surface area contributed by atoms with Crippen LogP contribution in [-0.4, -0.2) is 15.0 Å². The number of aromatic nitrogens is 3. The molecule has 0 N–H and O–H groups in total. The Hall–Kier alpha value is -6.65. The van der Waals surface area contributed by atoms with E-state index >= 15 is 0 Å². The fourth-order valence-corrected chi connectivity index (χ4v) is 6.98. The van der Waals surface area contributed by atoms with Gasteiger partial charge in [0, 0.05) is 27.5 Å². The summed E-state index contributed by atoms with van der Waals surface area (Å²) in [5.74, 6) is 1.83. The van der Waals surface area contributed by atoms with Crippen molar-refractivity contribution in [2.75, 3.05) is 0 Å². The Morgan fingerprint density at radius 2 is 0.837 bits per heavy atom. The van der Waals surface area contributed by atoms with E-state index in [4.69, 9.17) is 19.4 Å². The van der Waals surface area contributed by atoms with Gasteiger partial charge in [0.2, 0.25) is 0 Å². The highest BCUT2D eigenvalue weighted by Crippen LogP contribution is 2.42. The van der Waals surface area contributed by atoms with Gasteiger partial charge in [-0.25, -0.2) is 15.0 Å². The van der Waals surface area contributed by atoms with Gasteiger partial charge >= 0.3 is 0 Å². The van der Waals surface area contributed by atoms with E-state index in [1.807, 2.05) is 30.3 Å². The quantitative estimate of drug-likeness (QED) is 0.195. The monoisotopic (exact) mass is 625 g/mol. The van der Waals surface area contributed by atoms with Gasteiger partial charge < -0.3 is 4.42 Å². The molecule has 0 fully saturated rings. The Morgan fingerprint density at radius 3 is 1.51 bits per heavy atom. The molecule has 0 unspecified atom stereocenters. The molecule has 0 saturated heterocycles. The van der Waals surface area contributed by atoms with E-state index < -0.39 is 0 Å². The lowest BCUT2D eigenvalue weighted by Gasteiger charge is -2.12. The van der Waals surface area contributed by atoms with Crippen molar-refractivity contribution < 1.29 is 4.42 Å². The Balaban J connectivity index is 1.25. The molecule has 2 heterocycles. The molecule has 0 atom stereocenters. The SMILES string of the molecule is c1ccc(-c2nc(-c3ccc4ccccc4c3)nc(-c3cc(-c4ccc5ccccc5c4)c4c(c3)oc3cc5ccccc5cc34)n2)cc1. The van der Waals surface area contributed by atoms with Crippen molar-refractivity contribution in [3.8, 4) is 45.3 Å². The maximum atomic E-state index is 6.68. The molecule has 10 aromatic rings. The van der Waals surface area contributed by atoms with Crippen LogP contribution in [0, 0.1) is 0 Å². The summed E-state index contributed by atoms with van der Waals surface area (Å²) in [4.78, 5) is 15.2. The van der Waals surface area contributed by atoms with E-state index in [2.05, 4.69) is 133 Å². The molecule has 0 aliphatic rings. The van der Waals surface area contributed by atoms with Crippen LogP contribution in [0.3, 0.4) is 0 Å². The average molecular weight is 626 g/mol. The van der Waals surface area contributed by atoms with Crippen molar-refractivity contribution in [3.63, 3.8) is 0 Å². The molecule has 0 aliphatic heterocycles. The average Bonchev–Trinajstić information content (AvgIpc) is 3.53. The van der Waals surface area contributed by atoms with Crippen molar-refractivity contribution in [2.45, 2.75) is 0 Å². The van der Waals surface area contributed by atoms with E-state index in [1.54, 1.807) is 0 Å². The van der Waals surface area contributed by atoms with Crippen molar-refractivity contribution in [1.82, 2.24) is 15.0 Å². The van der Waals surface area contributed by atoms with Gasteiger partial charge in [-0.15, -0.1) is 0 Å². The summed E-state index contributed by atoms with van der Waals surface area (Å²) in [6.45, 7) is 0. The first-order valence-electron chi connectivity index (χ1n) is 16.4. The number of rotatable bonds is 4. The molecule has 4 nitrogen and oxygen atoms in total. The Kier molecular flexibility index (Phi) is 6.15. The third-order valence-electron chi connectivity index (χ3n) is 9.43. The Labute approximate surface area is 282 Å². The van der Waals surface area contributed by atoms with Gasteiger partial charge in [0.1, 0.15) is 11.2 Å². The summed E-state index contributed by atoms with van der Waals surface area (Å²) < 4.78 is 6.68. The van der Waals surface area contributed by atoms with Gasteiger partial charge in [-0.3, -0.25) is 0 Å². The van der Waals surface area contributed by atoms with Crippen molar-refractivity contribution in [1.29, 1.82) is 0 Å². The van der Waals surface area contributed by atoms with Crippen LogP contribution < -0.4 is 0 Å². The van der Waals surface area contributed by atoms with Crippen LogP contribution in [0.2, 0.25) is 0 Å². The highest BCUT2D eigenvalue weighted by atomic mass is 16.3. The predicted octanol–water partition coefficient (Wildman–Crippen LogP) is 11.9. The molecular formula is C45H27N3O. The lowest BCUT2D eigenvalue weighted by atomic mass is 9.94. The maximum absolute atomic E-state index is 6.68. The predicted molar refractivity (Wildman–Crippen MR) is 201 cm³/mol. The Bertz CT molecular complexity index is 2890. The fourth-order valence-electron chi connectivity index (χ4n) is 6.98. The zero-order valence-electron chi connectivity index (χ0n) is 26.3. The lowest BCUT2D eigenvalue weighted by molar-refractivity contribution is 0.669. The van der Waals surface area contributed by atoms with Crippen molar-refractivity contribution in [2.24, 2.45) is 0 Å². The van der Waals surface area contributed by atoms with Crippen LogP contribution in [0.4, 0.5) is 0 Å². The molecule has 0 spiro atoms. The second-order valence-corrected chi connectivity index (χ2v) is 12.5. The van der Waals surface area contributed by atoms with Crippen LogP contribution in [0.15, 0.2) is 168 Å². The fraction of sp³-hybridized carbons (Fsp3) is 0. The van der Waals surface area contributed by atoms with E-state index in [-0.39, 0.29) is 0 Å². The first-order valence-corrected chi connectivity index (χ1v) is 16.4. The molecular weight excluding hydrogens is 599 g/mol. The summed E-state index contributed by atoms with van der Waals surface area (Å²) in [5, 5.41) is 9.17. The first-order chi connectivity index (χ1) is 24.2. The topological polar surface area (TPSA) is 51.8 Å². The normalized spacial score (nSPS) is 11.7. The molecule has 0 amide bonds. The van der Waals surface area contributed by atoms with Crippen molar-refractivity contribution >= 4 is 54.3 Å². The van der Waals surface area contributed by atoms with E-state index in [1.165, 1.54) is 21.5 Å². The van der Waals surface area contributed by atoms with Crippen LogP contribution >= 0.6 is 0 Å². The first kappa shape index (κ1) is 27.5. The molecule has 4 heteroatoms. The summed E-state index contributed by atoms with van der Waals surface area (Å²) >= 11 is 0. The lowest BCUT2D eigenvalue weighted by Crippen LogP contribution is -2.00. The second kappa shape index (κ2) is 11.0. The number of hydrogen-bond donors (Lipinski definition) is 0. The summed E-state index contributed by atoms with van der Waals surface area (Å²) in [7, 11) is 0. The number of fused-ring (bicyclic) bond motifs is 6. The molecule has 0 aliphatic carbocycles. The smallest absolute Gasteiger partial charge is 0.164 e. The van der Waals surface area contributed by atoms with E-state index in [9.17, 15) is 0 Å². The van der Waals surface area contributed by atoms with Gasteiger partial charge in [0.05, 0.1) is 0 Å². The van der Waals surface area contributed by atoms with Gasteiger partial charge in [-0.1, -0.05) is 127 Å². The van der Waals surface area contributed by atoms with Crippen LogP contribution in [0.25, 0.3) is 99.5 Å². The number of hydrogen-bond acceptors (Lipinski definition) is 4. The molecule has 228 valence electrons. The molecule has 0 bridgehead atoms. The highest BCUT2D eigenvalue weighted by molar-refractivity contribution is 6.17. The molecule has 2 aromatic heterocycles. The minimum atomic E-state index is 0.589. The summed E-state index contributed by atoms with van der Waals surface area (Å²) in [6, 6.07) is 57.0. The third kappa shape index (κ3) is 4.73. The number of benzene rings is 8. The molecule has 0 saturated carbocycles. The zero-order valence-corrected chi connectivity index (χ0v) is 26.3. The molecule has 0 radical (unpaired) electrons. The van der Waals surface area contributed by atoms with E-state index in [0.717, 1.165) is 60.5 Å². The maximum Gasteiger partial charge on any atom is 0.164 e. The molecule has 10 rings (SSSR count).